The Hall–Kier alpha value is -1.84. The van der Waals surface area contributed by atoms with E-state index in [9.17, 15) is 0 Å². The van der Waals surface area contributed by atoms with Crippen LogP contribution in [0.5, 0.6) is 0 Å². The van der Waals surface area contributed by atoms with E-state index in [4.69, 9.17) is 0 Å². The number of piperazine rings is 1. The monoisotopic (exact) mass is 333 g/mol. The smallest absolute Gasteiger partial charge is 0.0491 e. The molecule has 2 heterocycles. The van der Waals surface area contributed by atoms with E-state index in [1.807, 2.05) is 0 Å². The third-order valence-corrected chi connectivity index (χ3v) is 6.07. The Bertz CT molecular complexity index is 900. The summed E-state index contributed by atoms with van der Waals surface area (Å²) in [5.74, 6) is 0.857. The Kier molecular flexibility index (Phi) is 3.79. The van der Waals surface area contributed by atoms with Crippen LogP contribution in [0.4, 0.5) is 0 Å². The fourth-order valence-electron chi connectivity index (χ4n) is 4.75. The van der Waals surface area contributed by atoms with Crippen LogP contribution in [-0.2, 0) is 6.54 Å². The highest BCUT2D eigenvalue weighted by Gasteiger charge is 2.36. The van der Waals surface area contributed by atoms with E-state index < -0.39 is 0 Å². The van der Waals surface area contributed by atoms with Gasteiger partial charge in [0.15, 0.2) is 0 Å². The molecule has 0 spiro atoms. The van der Waals surface area contributed by atoms with Gasteiger partial charge in [-0.15, -0.1) is 0 Å². The number of hydrogen-bond acceptors (Lipinski definition) is 2. The van der Waals surface area contributed by atoms with E-state index in [1.165, 1.54) is 53.3 Å². The van der Waals surface area contributed by atoms with E-state index in [2.05, 4.69) is 64.2 Å². The summed E-state index contributed by atoms with van der Waals surface area (Å²) < 4.78 is 2.45. The predicted molar refractivity (Wildman–Crippen MR) is 105 cm³/mol. The van der Waals surface area contributed by atoms with Gasteiger partial charge in [0.25, 0.3) is 0 Å². The highest BCUT2D eigenvalue weighted by molar-refractivity contribution is 6.08. The lowest BCUT2D eigenvalue weighted by Crippen LogP contribution is -2.45. The zero-order valence-corrected chi connectivity index (χ0v) is 15.0. The zero-order chi connectivity index (χ0) is 16.8. The zero-order valence-electron chi connectivity index (χ0n) is 15.0. The van der Waals surface area contributed by atoms with E-state index in [0.717, 1.165) is 25.6 Å². The van der Waals surface area contributed by atoms with Gasteiger partial charge in [-0.2, -0.15) is 0 Å². The van der Waals surface area contributed by atoms with Crippen molar-refractivity contribution in [1.82, 2.24) is 14.8 Å². The summed E-state index contributed by atoms with van der Waals surface area (Å²) in [6.45, 7) is 7.87. The van der Waals surface area contributed by atoms with Crippen molar-refractivity contribution in [2.75, 3.05) is 26.2 Å². The third kappa shape index (κ3) is 2.57. The minimum absolute atomic E-state index is 0.607. The molecule has 1 saturated heterocycles. The average molecular weight is 333 g/mol. The van der Waals surface area contributed by atoms with Gasteiger partial charge in [0.1, 0.15) is 0 Å². The SMILES string of the molecule is CCn1c2ccccc2c2cc([C@H](C3CC3)N3CCNCC3)ccc21. The fourth-order valence-corrected chi connectivity index (χ4v) is 4.75. The van der Waals surface area contributed by atoms with Crippen LogP contribution in [0, 0.1) is 5.92 Å². The molecule has 0 radical (unpaired) electrons. The average Bonchev–Trinajstić information content (AvgIpc) is 3.44. The molecule has 3 aromatic rings. The first-order chi connectivity index (χ1) is 12.4. The Morgan fingerprint density at radius 2 is 1.76 bits per heavy atom. The molecule has 1 aliphatic heterocycles. The van der Waals surface area contributed by atoms with Gasteiger partial charge in [0, 0.05) is 60.6 Å². The lowest BCUT2D eigenvalue weighted by molar-refractivity contribution is 0.156. The van der Waals surface area contributed by atoms with Crippen molar-refractivity contribution in [2.24, 2.45) is 5.92 Å². The molecule has 2 aromatic carbocycles. The summed E-state index contributed by atoms with van der Waals surface area (Å²) >= 11 is 0. The maximum atomic E-state index is 3.50. The van der Waals surface area contributed by atoms with Crippen LogP contribution in [-0.4, -0.2) is 35.6 Å². The number of para-hydroxylation sites is 1. The molecule has 25 heavy (non-hydrogen) atoms. The Labute approximate surface area is 149 Å². The summed E-state index contributed by atoms with van der Waals surface area (Å²) in [6.07, 6.45) is 2.78. The number of benzene rings is 2. The van der Waals surface area contributed by atoms with Crippen molar-refractivity contribution >= 4 is 21.8 Å². The molecule has 1 saturated carbocycles. The van der Waals surface area contributed by atoms with Crippen LogP contribution >= 0.6 is 0 Å². The molecule has 3 nitrogen and oxygen atoms in total. The molecule has 2 fully saturated rings. The van der Waals surface area contributed by atoms with Crippen molar-refractivity contribution in [1.29, 1.82) is 0 Å². The molecule has 0 amide bonds. The summed E-state index contributed by atoms with van der Waals surface area (Å²) in [7, 11) is 0. The first kappa shape index (κ1) is 15.4. The van der Waals surface area contributed by atoms with Crippen molar-refractivity contribution in [3.05, 3.63) is 48.0 Å². The number of aryl methyl sites for hydroxylation is 1. The Morgan fingerprint density at radius 1 is 1.00 bits per heavy atom. The molecule has 3 heteroatoms. The van der Waals surface area contributed by atoms with Crippen molar-refractivity contribution in [3.63, 3.8) is 0 Å². The predicted octanol–water partition coefficient (Wildman–Crippen LogP) is 4.17. The fraction of sp³-hybridized carbons (Fsp3) is 0.455. The van der Waals surface area contributed by atoms with E-state index in [-0.39, 0.29) is 0 Å². The highest BCUT2D eigenvalue weighted by atomic mass is 15.2. The van der Waals surface area contributed by atoms with Crippen LogP contribution in [0.2, 0.25) is 0 Å². The third-order valence-electron chi connectivity index (χ3n) is 6.07. The number of aromatic nitrogens is 1. The summed E-state index contributed by atoms with van der Waals surface area (Å²) in [6, 6.07) is 16.7. The number of hydrogen-bond donors (Lipinski definition) is 1. The quantitative estimate of drug-likeness (QED) is 0.773. The van der Waals surface area contributed by atoms with Gasteiger partial charge in [-0.1, -0.05) is 24.3 Å². The molecular formula is C22H27N3. The standard InChI is InChI=1S/C22H27N3/c1-2-25-20-6-4-3-5-18(20)19-15-17(9-10-21(19)25)22(16-7-8-16)24-13-11-23-12-14-24/h3-6,9-10,15-16,22-23H,2,7-8,11-14H2,1H3/t22-/m0/s1. The minimum atomic E-state index is 0.607. The normalized spacial score (nSPS) is 20.4. The number of rotatable bonds is 4. The number of nitrogens with one attached hydrogen (secondary N) is 1. The number of nitrogens with zero attached hydrogens (tertiary/aromatic N) is 2. The van der Waals surface area contributed by atoms with Gasteiger partial charge in [0.05, 0.1) is 0 Å². The molecule has 130 valence electrons. The maximum Gasteiger partial charge on any atom is 0.0491 e. The van der Waals surface area contributed by atoms with E-state index in [0.29, 0.717) is 6.04 Å². The molecule has 1 aliphatic carbocycles. The second kappa shape index (κ2) is 6.15. The second-order valence-corrected chi connectivity index (χ2v) is 7.61. The van der Waals surface area contributed by atoms with E-state index >= 15 is 0 Å². The maximum absolute atomic E-state index is 3.50. The van der Waals surface area contributed by atoms with Gasteiger partial charge >= 0.3 is 0 Å². The van der Waals surface area contributed by atoms with Gasteiger partial charge in [0.2, 0.25) is 0 Å². The van der Waals surface area contributed by atoms with E-state index in [1.54, 1.807) is 0 Å². The van der Waals surface area contributed by atoms with Gasteiger partial charge in [-0.25, -0.2) is 0 Å². The number of fused-ring (bicyclic) bond motifs is 3. The highest BCUT2D eigenvalue weighted by Crippen LogP contribution is 2.45. The lowest BCUT2D eigenvalue weighted by atomic mass is 9.97. The van der Waals surface area contributed by atoms with Crippen molar-refractivity contribution in [3.8, 4) is 0 Å². The molecule has 5 rings (SSSR count). The van der Waals surface area contributed by atoms with Crippen molar-refractivity contribution < 1.29 is 0 Å². The van der Waals surface area contributed by atoms with Crippen LogP contribution < -0.4 is 5.32 Å². The summed E-state index contributed by atoms with van der Waals surface area (Å²) in [4.78, 5) is 2.72. The minimum Gasteiger partial charge on any atom is -0.341 e. The Morgan fingerprint density at radius 3 is 2.52 bits per heavy atom. The van der Waals surface area contributed by atoms with Crippen molar-refractivity contribution in [2.45, 2.75) is 32.4 Å². The molecule has 1 atom stereocenters. The Balaban J connectivity index is 1.65. The molecule has 2 aliphatic rings. The lowest BCUT2D eigenvalue weighted by Gasteiger charge is -2.35. The summed E-state index contributed by atoms with van der Waals surface area (Å²) in [5, 5.41) is 6.33. The van der Waals surface area contributed by atoms with Crippen LogP contribution in [0.25, 0.3) is 21.8 Å². The molecular weight excluding hydrogens is 306 g/mol. The molecule has 1 aromatic heterocycles. The topological polar surface area (TPSA) is 20.2 Å². The molecule has 1 N–H and O–H groups in total. The first-order valence-electron chi connectivity index (χ1n) is 9.82. The largest absolute Gasteiger partial charge is 0.341 e. The molecule has 0 bridgehead atoms. The van der Waals surface area contributed by atoms with Crippen LogP contribution in [0.15, 0.2) is 42.5 Å². The first-order valence-corrected chi connectivity index (χ1v) is 9.82. The van der Waals surface area contributed by atoms with Gasteiger partial charge in [-0.05, 0) is 49.4 Å². The van der Waals surface area contributed by atoms with Gasteiger partial charge in [-0.3, -0.25) is 4.90 Å². The second-order valence-electron chi connectivity index (χ2n) is 7.61. The van der Waals surface area contributed by atoms with Crippen LogP contribution in [0.3, 0.4) is 0 Å². The van der Waals surface area contributed by atoms with Gasteiger partial charge < -0.3 is 9.88 Å². The van der Waals surface area contributed by atoms with Crippen LogP contribution in [0.1, 0.15) is 31.4 Å². The molecule has 0 unspecified atom stereocenters. The summed E-state index contributed by atoms with van der Waals surface area (Å²) in [5.41, 5.74) is 4.26.